The smallest absolute Gasteiger partial charge is 0.123 e. The van der Waals surface area contributed by atoms with Gasteiger partial charge >= 0.3 is 0 Å². The molecular weight excluding hydrogens is 245 g/mol. The molecule has 0 aliphatic heterocycles. The highest BCUT2D eigenvalue weighted by molar-refractivity contribution is 5.30. The zero-order valence-electron chi connectivity index (χ0n) is 10.4. The van der Waals surface area contributed by atoms with Crippen molar-refractivity contribution in [2.45, 2.75) is 5.92 Å². The zero-order chi connectivity index (χ0) is 13.7. The highest BCUT2D eigenvalue weighted by Crippen LogP contribution is 2.20. The van der Waals surface area contributed by atoms with Gasteiger partial charge in [0.15, 0.2) is 0 Å². The van der Waals surface area contributed by atoms with Gasteiger partial charge in [-0.1, -0.05) is 12.1 Å². The SMILES string of the molecule is NCC(COc1ccc(O)cc1)c1cccc(F)c1. The molecule has 1 unspecified atom stereocenters. The van der Waals surface area contributed by atoms with Crippen LogP contribution >= 0.6 is 0 Å². The number of rotatable bonds is 5. The molecule has 19 heavy (non-hydrogen) atoms. The average Bonchev–Trinajstić information content (AvgIpc) is 2.42. The standard InChI is InChI=1S/C15H16FNO2/c16-13-3-1-2-11(8-13)12(9-17)10-19-15-6-4-14(18)5-7-15/h1-8,12,18H,9-10,17H2. The second-order valence-corrected chi connectivity index (χ2v) is 4.29. The Bertz CT molecular complexity index is 528. The summed E-state index contributed by atoms with van der Waals surface area (Å²) < 4.78 is 18.8. The third-order valence-corrected chi connectivity index (χ3v) is 2.89. The van der Waals surface area contributed by atoms with Gasteiger partial charge in [-0.25, -0.2) is 4.39 Å². The average molecular weight is 261 g/mol. The van der Waals surface area contributed by atoms with Crippen LogP contribution in [0.4, 0.5) is 4.39 Å². The Balaban J connectivity index is 2.01. The van der Waals surface area contributed by atoms with E-state index in [1.807, 2.05) is 6.07 Å². The number of benzene rings is 2. The second-order valence-electron chi connectivity index (χ2n) is 4.29. The first-order valence-electron chi connectivity index (χ1n) is 6.06. The van der Waals surface area contributed by atoms with Crippen LogP contribution < -0.4 is 10.5 Å². The first kappa shape index (κ1) is 13.4. The number of halogens is 1. The van der Waals surface area contributed by atoms with Crippen LogP contribution in [-0.4, -0.2) is 18.3 Å². The van der Waals surface area contributed by atoms with Crippen LogP contribution in [0.3, 0.4) is 0 Å². The minimum atomic E-state index is -0.277. The molecule has 2 aromatic carbocycles. The van der Waals surface area contributed by atoms with Crippen LogP contribution in [-0.2, 0) is 0 Å². The maximum Gasteiger partial charge on any atom is 0.123 e. The van der Waals surface area contributed by atoms with Crippen molar-refractivity contribution in [2.24, 2.45) is 5.73 Å². The summed E-state index contributed by atoms with van der Waals surface area (Å²) in [6.07, 6.45) is 0. The predicted octanol–water partition coefficient (Wildman–Crippen LogP) is 2.65. The molecule has 2 aromatic rings. The second kappa shape index (κ2) is 6.20. The Labute approximate surface area is 111 Å². The molecule has 3 nitrogen and oxygen atoms in total. The van der Waals surface area contributed by atoms with Gasteiger partial charge in [0.1, 0.15) is 17.3 Å². The monoisotopic (exact) mass is 261 g/mol. The van der Waals surface area contributed by atoms with Crippen LogP contribution in [0.5, 0.6) is 11.5 Å². The van der Waals surface area contributed by atoms with Crippen LogP contribution in [0.25, 0.3) is 0 Å². The highest BCUT2D eigenvalue weighted by Gasteiger charge is 2.11. The van der Waals surface area contributed by atoms with Crippen LogP contribution in [0, 0.1) is 5.82 Å². The Morgan fingerprint density at radius 2 is 1.89 bits per heavy atom. The molecular formula is C15H16FNO2. The first-order valence-corrected chi connectivity index (χ1v) is 6.06. The van der Waals surface area contributed by atoms with E-state index in [0.29, 0.717) is 18.9 Å². The molecule has 0 aliphatic rings. The lowest BCUT2D eigenvalue weighted by atomic mass is 10.0. The molecule has 0 saturated carbocycles. The molecule has 1 atom stereocenters. The van der Waals surface area contributed by atoms with Gasteiger partial charge in [0, 0.05) is 12.5 Å². The highest BCUT2D eigenvalue weighted by atomic mass is 19.1. The van der Waals surface area contributed by atoms with Crippen molar-refractivity contribution in [1.82, 2.24) is 0 Å². The molecule has 0 heterocycles. The Hall–Kier alpha value is -2.07. The molecule has 0 bridgehead atoms. The summed E-state index contributed by atoms with van der Waals surface area (Å²) in [7, 11) is 0. The van der Waals surface area contributed by atoms with Crippen molar-refractivity contribution < 1.29 is 14.2 Å². The van der Waals surface area contributed by atoms with E-state index >= 15 is 0 Å². The van der Waals surface area contributed by atoms with Crippen LogP contribution in [0.2, 0.25) is 0 Å². The van der Waals surface area contributed by atoms with Gasteiger partial charge in [-0.3, -0.25) is 0 Å². The molecule has 0 radical (unpaired) electrons. The van der Waals surface area contributed by atoms with E-state index in [0.717, 1.165) is 5.56 Å². The van der Waals surface area contributed by atoms with E-state index in [-0.39, 0.29) is 17.5 Å². The number of hydrogen-bond donors (Lipinski definition) is 2. The van der Waals surface area contributed by atoms with E-state index < -0.39 is 0 Å². The minimum absolute atomic E-state index is 0.0653. The molecule has 4 heteroatoms. The number of nitrogens with two attached hydrogens (primary N) is 1. The summed E-state index contributed by atoms with van der Waals surface area (Å²) in [5.74, 6) is 0.491. The molecule has 3 N–H and O–H groups in total. The lowest BCUT2D eigenvalue weighted by Gasteiger charge is -2.16. The fraction of sp³-hybridized carbons (Fsp3) is 0.200. The summed E-state index contributed by atoms with van der Waals surface area (Å²) in [6.45, 7) is 0.742. The number of ether oxygens (including phenoxy) is 1. The van der Waals surface area contributed by atoms with Crippen molar-refractivity contribution in [3.8, 4) is 11.5 Å². The lowest BCUT2D eigenvalue weighted by molar-refractivity contribution is 0.289. The van der Waals surface area contributed by atoms with Gasteiger partial charge in [-0.15, -0.1) is 0 Å². The fourth-order valence-corrected chi connectivity index (χ4v) is 1.80. The number of phenols is 1. The molecule has 0 amide bonds. The fourth-order valence-electron chi connectivity index (χ4n) is 1.80. The quantitative estimate of drug-likeness (QED) is 0.870. The molecule has 100 valence electrons. The zero-order valence-corrected chi connectivity index (χ0v) is 10.4. The Kier molecular flexibility index (Phi) is 4.36. The molecule has 0 fully saturated rings. The Morgan fingerprint density at radius 3 is 2.53 bits per heavy atom. The largest absolute Gasteiger partial charge is 0.508 e. The third kappa shape index (κ3) is 3.69. The third-order valence-electron chi connectivity index (χ3n) is 2.89. The van der Waals surface area contributed by atoms with Crippen molar-refractivity contribution in [1.29, 1.82) is 0 Å². The molecule has 0 aromatic heterocycles. The summed E-state index contributed by atoms with van der Waals surface area (Å²) in [5, 5.41) is 9.17. The molecule has 0 aliphatic carbocycles. The van der Waals surface area contributed by atoms with Crippen LogP contribution in [0.15, 0.2) is 48.5 Å². The number of hydrogen-bond acceptors (Lipinski definition) is 3. The summed E-state index contributed by atoms with van der Waals surface area (Å²) in [4.78, 5) is 0. The predicted molar refractivity (Wildman–Crippen MR) is 71.8 cm³/mol. The number of aromatic hydroxyl groups is 1. The summed E-state index contributed by atoms with van der Waals surface area (Å²) in [6, 6.07) is 12.8. The van der Waals surface area contributed by atoms with E-state index in [1.54, 1.807) is 30.3 Å². The van der Waals surface area contributed by atoms with Crippen molar-refractivity contribution in [2.75, 3.05) is 13.2 Å². The van der Waals surface area contributed by atoms with Gasteiger partial charge < -0.3 is 15.6 Å². The lowest BCUT2D eigenvalue weighted by Crippen LogP contribution is -2.19. The maximum absolute atomic E-state index is 13.2. The summed E-state index contributed by atoms with van der Waals surface area (Å²) in [5.41, 5.74) is 6.52. The molecule has 0 spiro atoms. The summed E-state index contributed by atoms with van der Waals surface area (Å²) >= 11 is 0. The van der Waals surface area contributed by atoms with Gasteiger partial charge in [0.2, 0.25) is 0 Å². The Morgan fingerprint density at radius 1 is 1.16 bits per heavy atom. The van der Waals surface area contributed by atoms with Gasteiger partial charge in [0.25, 0.3) is 0 Å². The first-order chi connectivity index (χ1) is 9.19. The van der Waals surface area contributed by atoms with E-state index in [9.17, 15) is 9.50 Å². The maximum atomic E-state index is 13.2. The van der Waals surface area contributed by atoms with Gasteiger partial charge in [0.05, 0.1) is 6.61 Å². The van der Waals surface area contributed by atoms with Gasteiger partial charge in [-0.2, -0.15) is 0 Å². The van der Waals surface area contributed by atoms with Crippen molar-refractivity contribution in [3.05, 3.63) is 59.9 Å². The molecule has 2 rings (SSSR count). The van der Waals surface area contributed by atoms with Gasteiger partial charge in [-0.05, 0) is 42.0 Å². The van der Waals surface area contributed by atoms with Crippen molar-refractivity contribution in [3.63, 3.8) is 0 Å². The van der Waals surface area contributed by atoms with E-state index in [4.69, 9.17) is 10.5 Å². The minimum Gasteiger partial charge on any atom is -0.508 e. The van der Waals surface area contributed by atoms with Crippen molar-refractivity contribution >= 4 is 0 Å². The number of phenolic OH excluding ortho intramolecular Hbond substituents is 1. The normalized spacial score (nSPS) is 12.1. The van der Waals surface area contributed by atoms with Crippen LogP contribution in [0.1, 0.15) is 11.5 Å². The van der Waals surface area contributed by atoms with E-state index in [2.05, 4.69) is 0 Å². The molecule has 0 saturated heterocycles. The topological polar surface area (TPSA) is 55.5 Å². The van der Waals surface area contributed by atoms with E-state index in [1.165, 1.54) is 12.1 Å².